The molecule has 0 unspecified atom stereocenters. The molecule has 4 nitrogen and oxygen atoms in total. The van der Waals surface area contributed by atoms with Crippen LogP contribution in [0.25, 0.3) is 21.3 Å². The average molecular weight is 634 g/mol. The fourth-order valence-corrected chi connectivity index (χ4v) is 4.51. The van der Waals surface area contributed by atoms with Crippen molar-refractivity contribution in [2.45, 2.75) is 26.2 Å². The minimum absolute atomic E-state index is 0. The Labute approximate surface area is 213 Å². The molecule has 33 heavy (non-hydrogen) atoms. The molecule has 5 rings (SSSR count). The maximum absolute atomic E-state index is 6.17. The number of thiophene rings is 1. The second-order valence-electron chi connectivity index (χ2n) is 8.86. The van der Waals surface area contributed by atoms with Gasteiger partial charge in [0.2, 0.25) is 0 Å². The standard InChI is InChI=1S/C27H24N3OS.Pt/c1-27(2,3)19-11-12-28-24(15-19)22-9-6-10-25-23(22)17-26(32-25)31-21-8-5-7-20(16-21)30-14-13-29(4)18-30;/h5-15,18H,1-4H3;/q-3;. The molecule has 0 fully saturated rings. The predicted molar refractivity (Wildman–Crippen MR) is 132 cm³/mol. The molecule has 6 heteroatoms. The summed E-state index contributed by atoms with van der Waals surface area (Å²) in [6.45, 7) is 8.64. The number of nitrogens with zero attached hydrogens (tertiary/aromatic N) is 3. The summed E-state index contributed by atoms with van der Waals surface area (Å²) in [5.74, 6) is 0.663. The molecule has 0 N–H and O–H groups in total. The zero-order chi connectivity index (χ0) is 22.3. The molecule has 0 amide bonds. The fraction of sp³-hybridized carbons (Fsp3) is 0.185. The third kappa shape index (κ3) is 5.00. The van der Waals surface area contributed by atoms with Gasteiger partial charge in [0.25, 0.3) is 0 Å². The summed E-state index contributed by atoms with van der Waals surface area (Å²) in [6.07, 6.45) is 5.87. The smallest absolute Gasteiger partial charge is 0.107 e. The van der Waals surface area contributed by atoms with Crippen LogP contribution < -0.4 is 9.64 Å². The van der Waals surface area contributed by atoms with Crippen LogP contribution in [0.3, 0.4) is 0 Å². The predicted octanol–water partition coefficient (Wildman–Crippen LogP) is 6.99. The van der Waals surface area contributed by atoms with Crippen molar-refractivity contribution < 1.29 is 25.8 Å². The van der Waals surface area contributed by atoms with E-state index in [1.165, 1.54) is 5.56 Å². The number of rotatable bonds is 4. The van der Waals surface area contributed by atoms with Crippen molar-refractivity contribution in [3.8, 4) is 22.1 Å². The minimum atomic E-state index is 0. The topological polar surface area (TPSA) is 28.6 Å². The summed E-state index contributed by atoms with van der Waals surface area (Å²) in [6, 6.07) is 23.2. The first kappa shape index (κ1) is 23.5. The van der Waals surface area contributed by atoms with Gasteiger partial charge in [-0.1, -0.05) is 31.5 Å². The van der Waals surface area contributed by atoms with E-state index in [1.807, 2.05) is 60.3 Å². The Hall–Kier alpha value is -2.62. The molecule has 0 aliphatic carbocycles. The molecule has 1 aliphatic rings. The molecule has 0 spiro atoms. The number of hydrogen-bond donors (Lipinski definition) is 0. The van der Waals surface area contributed by atoms with E-state index in [0.29, 0.717) is 10.8 Å². The van der Waals surface area contributed by atoms with Gasteiger partial charge in [-0.15, -0.1) is 47.6 Å². The number of aromatic nitrogens is 1. The zero-order valence-corrected chi connectivity index (χ0v) is 22.0. The van der Waals surface area contributed by atoms with Crippen LogP contribution in [0.4, 0.5) is 5.69 Å². The van der Waals surface area contributed by atoms with Crippen LogP contribution in [0.5, 0.6) is 10.8 Å². The molecule has 1 aliphatic heterocycles. The molecule has 0 radical (unpaired) electrons. The molecule has 172 valence electrons. The van der Waals surface area contributed by atoms with Crippen molar-refractivity contribution in [2.75, 3.05) is 11.9 Å². The second-order valence-corrected chi connectivity index (χ2v) is 9.88. The average Bonchev–Trinajstić information content (AvgIpc) is 3.39. The van der Waals surface area contributed by atoms with Crippen LogP contribution in [-0.4, -0.2) is 16.9 Å². The maximum atomic E-state index is 6.17. The van der Waals surface area contributed by atoms with E-state index in [9.17, 15) is 0 Å². The van der Waals surface area contributed by atoms with E-state index in [1.54, 1.807) is 11.3 Å². The van der Waals surface area contributed by atoms with E-state index in [0.717, 1.165) is 27.0 Å². The Bertz CT molecular complexity index is 1310. The van der Waals surface area contributed by atoms with E-state index >= 15 is 0 Å². The van der Waals surface area contributed by atoms with E-state index in [-0.39, 0.29) is 26.5 Å². The third-order valence-corrected chi connectivity index (χ3v) is 6.29. The van der Waals surface area contributed by atoms with Crippen LogP contribution >= 0.6 is 11.3 Å². The Kier molecular flexibility index (Phi) is 6.65. The first-order chi connectivity index (χ1) is 15.4. The zero-order valence-electron chi connectivity index (χ0n) is 18.9. The van der Waals surface area contributed by atoms with E-state index in [4.69, 9.17) is 4.74 Å². The first-order valence-corrected chi connectivity index (χ1v) is 11.3. The third-order valence-electron chi connectivity index (χ3n) is 5.36. The summed E-state index contributed by atoms with van der Waals surface area (Å²) in [4.78, 5) is 8.65. The van der Waals surface area contributed by atoms with Crippen molar-refractivity contribution >= 4 is 27.1 Å². The molecular weight excluding hydrogens is 609 g/mol. The normalized spacial score (nSPS) is 13.5. The molecule has 0 atom stereocenters. The molecule has 0 saturated heterocycles. The number of fused-ring (bicyclic) bond motifs is 1. The van der Waals surface area contributed by atoms with Gasteiger partial charge in [0, 0.05) is 38.7 Å². The van der Waals surface area contributed by atoms with Gasteiger partial charge in [-0.2, -0.15) is 29.5 Å². The molecular formula is C27H24N3OPtS-3. The van der Waals surface area contributed by atoms with Crippen molar-refractivity contribution in [3.63, 3.8) is 0 Å². The molecule has 2 aromatic carbocycles. The Balaban J connectivity index is 0.00000259. The van der Waals surface area contributed by atoms with Gasteiger partial charge in [0.1, 0.15) is 5.06 Å². The Morgan fingerprint density at radius 1 is 1.03 bits per heavy atom. The maximum Gasteiger partial charge on any atom is 0.107 e. The number of hydrogen-bond acceptors (Lipinski definition) is 5. The van der Waals surface area contributed by atoms with E-state index < -0.39 is 0 Å². The summed E-state index contributed by atoms with van der Waals surface area (Å²) < 4.78 is 7.29. The monoisotopic (exact) mass is 633 g/mol. The number of benzene rings is 2. The Morgan fingerprint density at radius 3 is 2.61 bits per heavy atom. The van der Waals surface area contributed by atoms with Gasteiger partial charge in [-0.25, -0.2) is 0 Å². The van der Waals surface area contributed by atoms with Crippen LogP contribution in [0, 0.1) is 18.8 Å². The SMILES string of the molecule is CN1C=CN(c2[c-]c(Oc3[c-]c4c(-c5cc(C(C)(C)C)ccn5)cccc4s3)ccc2)[CH-]1.[Pt]. The summed E-state index contributed by atoms with van der Waals surface area (Å²) in [5, 5.41) is 1.74. The largest absolute Gasteiger partial charge is 0.510 e. The quantitative estimate of drug-likeness (QED) is 0.227. The molecule has 0 saturated carbocycles. The fourth-order valence-electron chi connectivity index (χ4n) is 3.62. The number of pyridine rings is 1. The van der Waals surface area contributed by atoms with Gasteiger partial charge >= 0.3 is 0 Å². The number of anilines is 1. The van der Waals surface area contributed by atoms with Crippen molar-refractivity contribution in [2.24, 2.45) is 0 Å². The van der Waals surface area contributed by atoms with Crippen LogP contribution in [0.1, 0.15) is 26.3 Å². The minimum Gasteiger partial charge on any atom is -0.510 e. The van der Waals surface area contributed by atoms with Crippen molar-refractivity contribution in [3.05, 3.63) is 91.5 Å². The van der Waals surface area contributed by atoms with Crippen LogP contribution in [0.2, 0.25) is 0 Å². The first-order valence-electron chi connectivity index (χ1n) is 10.5. The van der Waals surface area contributed by atoms with Gasteiger partial charge in [0.05, 0.1) is 0 Å². The Morgan fingerprint density at radius 2 is 1.85 bits per heavy atom. The molecule has 4 aromatic rings. The number of ether oxygens (including phenoxy) is 1. The van der Waals surface area contributed by atoms with Gasteiger partial charge in [-0.05, 0) is 42.6 Å². The van der Waals surface area contributed by atoms with E-state index in [2.05, 4.69) is 68.2 Å². The summed E-state index contributed by atoms with van der Waals surface area (Å²) >= 11 is 1.58. The summed E-state index contributed by atoms with van der Waals surface area (Å²) in [7, 11) is 1.99. The van der Waals surface area contributed by atoms with Crippen LogP contribution in [-0.2, 0) is 26.5 Å². The van der Waals surface area contributed by atoms with Crippen LogP contribution in [0.15, 0.2) is 67.1 Å². The second kappa shape index (κ2) is 9.32. The van der Waals surface area contributed by atoms with Crippen molar-refractivity contribution in [1.29, 1.82) is 0 Å². The van der Waals surface area contributed by atoms with Gasteiger partial charge < -0.3 is 14.5 Å². The molecule has 3 heterocycles. The van der Waals surface area contributed by atoms with Gasteiger partial charge in [-0.3, -0.25) is 4.98 Å². The van der Waals surface area contributed by atoms with Gasteiger partial charge in [0.15, 0.2) is 0 Å². The molecule has 2 aromatic heterocycles. The van der Waals surface area contributed by atoms with Crippen molar-refractivity contribution in [1.82, 2.24) is 9.88 Å². The summed E-state index contributed by atoms with van der Waals surface area (Å²) in [5.41, 5.74) is 4.27. The molecule has 0 bridgehead atoms.